The van der Waals surface area contributed by atoms with Crippen molar-refractivity contribution in [2.75, 3.05) is 13.1 Å². The second-order valence-electron chi connectivity index (χ2n) is 5.45. The molecule has 25 heavy (non-hydrogen) atoms. The minimum absolute atomic E-state index is 0.146. The van der Waals surface area contributed by atoms with E-state index in [1.54, 1.807) is 22.4 Å². The van der Waals surface area contributed by atoms with E-state index in [1.165, 1.54) is 17.4 Å². The Morgan fingerprint density at radius 3 is 2.84 bits per heavy atom. The Kier molecular flexibility index (Phi) is 3.60. The predicted octanol–water partition coefficient (Wildman–Crippen LogP) is 3.26. The molecule has 0 saturated carbocycles. The van der Waals surface area contributed by atoms with Crippen molar-refractivity contribution in [3.8, 4) is 0 Å². The highest BCUT2D eigenvalue weighted by atomic mass is 32.1. The number of guanidine groups is 1. The molecule has 9 heteroatoms. The van der Waals surface area contributed by atoms with E-state index in [-0.39, 0.29) is 17.6 Å². The number of alkyl halides is 3. The molecule has 0 fully saturated rings. The number of carbonyl (C=O) groups excluding carboxylic acids is 1. The lowest BCUT2D eigenvalue weighted by molar-refractivity contribution is -0.137. The van der Waals surface area contributed by atoms with Crippen LogP contribution < -0.4 is 5.32 Å². The van der Waals surface area contributed by atoms with E-state index < -0.39 is 11.7 Å². The lowest BCUT2D eigenvalue weighted by Crippen LogP contribution is -2.47. The molecule has 5 nitrogen and oxygen atoms in total. The molecular weight excluding hydrogens is 353 g/mol. The van der Waals surface area contributed by atoms with Crippen LogP contribution in [0.5, 0.6) is 0 Å². The Bertz CT molecular complexity index is 903. The largest absolute Gasteiger partial charge is 0.416 e. The molecule has 0 saturated heterocycles. The number of halogens is 3. The average Bonchev–Trinajstić information content (AvgIpc) is 3.25. The first-order valence-electron chi connectivity index (χ1n) is 7.40. The van der Waals surface area contributed by atoms with Crippen molar-refractivity contribution >= 4 is 34.7 Å². The second kappa shape index (κ2) is 5.69. The van der Waals surface area contributed by atoms with Gasteiger partial charge in [-0.25, -0.2) is 4.99 Å². The van der Waals surface area contributed by atoms with Crippen molar-refractivity contribution in [3.05, 3.63) is 51.7 Å². The maximum Gasteiger partial charge on any atom is 0.416 e. The summed E-state index contributed by atoms with van der Waals surface area (Å²) in [4.78, 5) is 23.1. The van der Waals surface area contributed by atoms with Crippen molar-refractivity contribution in [2.45, 2.75) is 6.18 Å². The first kappa shape index (κ1) is 15.8. The number of benzene rings is 1. The minimum atomic E-state index is -4.46. The van der Waals surface area contributed by atoms with E-state index in [0.29, 0.717) is 29.4 Å². The van der Waals surface area contributed by atoms with Crippen LogP contribution in [0.3, 0.4) is 0 Å². The number of amidine groups is 1. The zero-order valence-corrected chi connectivity index (χ0v) is 13.5. The first-order chi connectivity index (χ1) is 11.9. The monoisotopic (exact) mass is 364 g/mol. The Morgan fingerprint density at radius 2 is 2.12 bits per heavy atom. The molecule has 0 bridgehead atoms. The van der Waals surface area contributed by atoms with E-state index in [4.69, 9.17) is 0 Å². The Labute approximate surface area is 144 Å². The number of hydrogen-bond acceptors (Lipinski definition) is 5. The molecule has 0 atom stereocenters. The van der Waals surface area contributed by atoms with Crippen LogP contribution in [0, 0.1) is 0 Å². The van der Waals surface area contributed by atoms with E-state index in [0.717, 1.165) is 12.1 Å². The van der Waals surface area contributed by atoms with Gasteiger partial charge in [0.2, 0.25) is 5.96 Å². The zero-order valence-electron chi connectivity index (χ0n) is 12.7. The fourth-order valence-corrected chi connectivity index (χ4v) is 3.33. The smallest absolute Gasteiger partial charge is 0.294 e. The van der Waals surface area contributed by atoms with Crippen LogP contribution in [-0.2, 0) is 6.18 Å². The van der Waals surface area contributed by atoms with Crippen molar-refractivity contribution in [3.63, 3.8) is 0 Å². The van der Waals surface area contributed by atoms with Gasteiger partial charge in [-0.05, 0) is 29.6 Å². The molecule has 3 heterocycles. The lowest BCUT2D eigenvalue weighted by Gasteiger charge is -2.27. The standard InChI is InChI=1S/C16H11F3N4OS/c17-16(18,19)9-3-4-10-11(8-9)21-15(23-6-5-20-13(10)23)22-14(24)12-2-1-7-25-12/h1-4,7-8H,5-6H2,(H,21,22,24). The highest BCUT2D eigenvalue weighted by Crippen LogP contribution is 2.36. The number of thiophene rings is 1. The summed E-state index contributed by atoms with van der Waals surface area (Å²) in [5.74, 6) is 0.372. The summed E-state index contributed by atoms with van der Waals surface area (Å²) in [6.07, 6.45) is -4.46. The quantitative estimate of drug-likeness (QED) is 0.844. The van der Waals surface area contributed by atoms with E-state index in [1.807, 2.05) is 0 Å². The molecule has 2 aliphatic heterocycles. The number of aliphatic imine (C=N–C) groups is 2. The van der Waals surface area contributed by atoms with Crippen LogP contribution in [0.4, 0.5) is 18.9 Å². The Hall–Kier alpha value is -2.68. The van der Waals surface area contributed by atoms with Crippen molar-refractivity contribution in [1.29, 1.82) is 0 Å². The van der Waals surface area contributed by atoms with Crippen molar-refractivity contribution in [2.24, 2.45) is 9.98 Å². The van der Waals surface area contributed by atoms with Crippen LogP contribution >= 0.6 is 11.3 Å². The fraction of sp³-hybridized carbons (Fsp3) is 0.188. The summed E-state index contributed by atoms with van der Waals surface area (Å²) in [6, 6.07) is 6.78. The lowest BCUT2D eigenvalue weighted by atomic mass is 10.1. The van der Waals surface area contributed by atoms with Gasteiger partial charge in [0, 0.05) is 12.1 Å². The third kappa shape index (κ3) is 2.80. The van der Waals surface area contributed by atoms with Gasteiger partial charge in [0.1, 0.15) is 5.84 Å². The van der Waals surface area contributed by atoms with Crippen LogP contribution in [-0.4, -0.2) is 35.7 Å². The number of nitrogens with one attached hydrogen (secondary N) is 1. The van der Waals surface area contributed by atoms with Gasteiger partial charge < -0.3 is 0 Å². The summed E-state index contributed by atoms with van der Waals surface area (Å²) < 4.78 is 38.9. The molecule has 128 valence electrons. The molecule has 1 aromatic carbocycles. The van der Waals surface area contributed by atoms with Gasteiger partial charge >= 0.3 is 6.18 Å². The summed E-state index contributed by atoms with van der Waals surface area (Å²) >= 11 is 1.27. The molecular formula is C16H11F3N4OS. The third-order valence-electron chi connectivity index (χ3n) is 3.86. The molecule has 0 spiro atoms. The number of carbonyl (C=O) groups is 1. The zero-order chi connectivity index (χ0) is 17.6. The summed E-state index contributed by atoms with van der Waals surface area (Å²) in [5, 5.41) is 4.45. The minimum Gasteiger partial charge on any atom is -0.294 e. The molecule has 0 unspecified atom stereocenters. The summed E-state index contributed by atoms with van der Waals surface area (Å²) in [7, 11) is 0. The van der Waals surface area contributed by atoms with Crippen LogP contribution in [0.2, 0.25) is 0 Å². The van der Waals surface area contributed by atoms with Gasteiger partial charge in [-0.1, -0.05) is 6.07 Å². The van der Waals surface area contributed by atoms with Gasteiger partial charge in [-0.3, -0.25) is 20.0 Å². The first-order valence-corrected chi connectivity index (χ1v) is 8.28. The predicted molar refractivity (Wildman–Crippen MR) is 88.4 cm³/mol. The van der Waals surface area contributed by atoms with Gasteiger partial charge in [0.25, 0.3) is 5.91 Å². The fourth-order valence-electron chi connectivity index (χ4n) is 2.71. The van der Waals surface area contributed by atoms with Crippen LogP contribution in [0.1, 0.15) is 20.8 Å². The topological polar surface area (TPSA) is 57.1 Å². The highest BCUT2D eigenvalue weighted by Gasteiger charge is 2.35. The van der Waals surface area contributed by atoms with Crippen LogP contribution in [0.25, 0.3) is 0 Å². The normalized spacial score (nSPS) is 16.0. The van der Waals surface area contributed by atoms with Crippen LogP contribution in [0.15, 0.2) is 45.7 Å². The third-order valence-corrected chi connectivity index (χ3v) is 4.73. The molecule has 2 aliphatic rings. The van der Waals surface area contributed by atoms with Crippen molar-refractivity contribution in [1.82, 2.24) is 10.2 Å². The van der Waals surface area contributed by atoms with Gasteiger partial charge in [0.05, 0.1) is 22.7 Å². The van der Waals surface area contributed by atoms with Gasteiger partial charge in [-0.2, -0.15) is 13.2 Å². The van der Waals surface area contributed by atoms with Gasteiger partial charge in [-0.15, -0.1) is 11.3 Å². The second-order valence-corrected chi connectivity index (χ2v) is 6.40. The number of rotatable bonds is 1. The molecule has 0 radical (unpaired) electrons. The highest BCUT2D eigenvalue weighted by molar-refractivity contribution is 7.12. The molecule has 1 aromatic heterocycles. The Balaban J connectivity index is 1.74. The molecule has 2 aromatic rings. The van der Waals surface area contributed by atoms with E-state index in [2.05, 4.69) is 15.3 Å². The number of fused-ring (bicyclic) bond motifs is 3. The maximum atomic E-state index is 13.0. The summed E-state index contributed by atoms with van der Waals surface area (Å²) in [6.45, 7) is 1.00. The van der Waals surface area contributed by atoms with E-state index >= 15 is 0 Å². The molecule has 4 rings (SSSR count). The number of amides is 1. The molecule has 0 aliphatic carbocycles. The molecule has 1 amide bonds. The number of hydrogen-bond donors (Lipinski definition) is 1. The number of nitrogens with zero attached hydrogens (tertiary/aromatic N) is 3. The average molecular weight is 364 g/mol. The SMILES string of the molecule is O=C(NC1=Nc2cc(C(F)(F)F)ccc2C2=NCCN12)c1cccs1. The Morgan fingerprint density at radius 1 is 1.28 bits per heavy atom. The van der Waals surface area contributed by atoms with Crippen molar-refractivity contribution < 1.29 is 18.0 Å². The van der Waals surface area contributed by atoms with Gasteiger partial charge in [0.15, 0.2) is 0 Å². The molecule has 1 N–H and O–H groups in total. The summed E-state index contributed by atoms with van der Waals surface area (Å²) in [5.41, 5.74) is -0.112. The maximum absolute atomic E-state index is 13.0. The van der Waals surface area contributed by atoms with E-state index in [9.17, 15) is 18.0 Å².